The van der Waals surface area contributed by atoms with Gasteiger partial charge in [0.2, 0.25) is 0 Å². The highest BCUT2D eigenvalue weighted by Gasteiger charge is 2.23. The monoisotopic (exact) mass is 439 g/mol. The van der Waals surface area contributed by atoms with Crippen LogP contribution in [0, 0.1) is 0 Å². The Labute approximate surface area is 189 Å². The summed E-state index contributed by atoms with van der Waals surface area (Å²) in [5.74, 6) is 1.62. The minimum atomic E-state index is 0.726. The Morgan fingerprint density at radius 3 is 2.66 bits per heavy atom. The molecule has 0 bridgehead atoms. The predicted octanol–water partition coefficient (Wildman–Crippen LogP) is 4.83. The maximum Gasteiger partial charge on any atom is 0.182 e. The van der Waals surface area contributed by atoms with Gasteiger partial charge in [-0.15, -0.1) is 10.2 Å². The number of rotatable bonds is 3. The standard InChI is InChI=1S/C24H18ClN7/c1-31-14-29-30-24(31)21-7-4-17(12-26-21)16-3-6-20-19(10-16)23(28-13-27-20)32-9-8-15-2-5-18(25)11-22(15)32/h2-7,10-14H,8-9H2,1H3. The van der Waals surface area contributed by atoms with Crippen LogP contribution in [0.5, 0.6) is 0 Å². The number of halogens is 1. The van der Waals surface area contributed by atoms with E-state index in [4.69, 9.17) is 11.6 Å². The molecule has 32 heavy (non-hydrogen) atoms. The molecule has 156 valence electrons. The first-order valence-electron chi connectivity index (χ1n) is 10.3. The fraction of sp³-hybridized carbons (Fsp3) is 0.125. The molecule has 7 nitrogen and oxygen atoms in total. The van der Waals surface area contributed by atoms with E-state index >= 15 is 0 Å². The van der Waals surface area contributed by atoms with Crippen molar-refractivity contribution in [3.8, 4) is 22.6 Å². The van der Waals surface area contributed by atoms with Gasteiger partial charge in [-0.2, -0.15) is 0 Å². The lowest BCUT2D eigenvalue weighted by molar-refractivity contribution is 0.914. The van der Waals surface area contributed by atoms with E-state index in [9.17, 15) is 0 Å². The Morgan fingerprint density at radius 2 is 1.84 bits per heavy atom. The summed E-state index contributed by atoms with van der Waals surface area (Å²) < 4.78 is 1.85. The van der Waals surface area contributed by atoms with Crippen LogP contribution in [0.1, 0.15) is 5.56 Å². The molecule has 0 spiro atoms. The summed E-state index contributed by atoms with van der Waals surface area (Å²) in [4.78, 5) is 16.0. The number of fused-ring (bicyclic) bond motifs is 2. The quantitative estimate of drug-likeness (QED) is 0.400. The lowest BCUT2D eigenvalue weighted by Gasteiger charge is -2.20. The van der Waals surface area contributed by atoms with Gasteiger partial charge in [-0.05, 0) is 47.9 Å². The number of aryl methyl sites for hydroxylation is 1. The average Bonchev–Trinajstić information content (AvgIpc) is 3.44. The van der Waals surface area contributed by atoms with E-state index in [1.54, 1.807) is 12.7 Å². The van der Waals surface area contributed by atoms with Crippen LogP contribution in [0.3, 0.4) is 0 Å². The van der Waals surface area contributed by atoms with Crippen molar-refractivity contribution < 1.29 is 0 Å². The van der Waals surface area contributed by atoms with Gasteiger partial charge in [0.05, 0.1) is 5.52 Å². The summed E-state index contributed by atoms with van der Waals surface area (Å²) in [6.45, 7) is 0.861. The second-order valence-electron chi connectivity index (χ2n) is 7.80. The van der Waals surface area contributed by atoms with Gasteiger partial charge in [0, 0.05) is 41.4 Å². The van der Waals surface area contributed by atoms with E-state index in [1.165, 1.54) is 5.56 Å². The Hall–Kier alpha value is -3.84. The zero-order valence-electron chi connectivity index (χ0n) is 17.3. The van der Waals surface area contributed by atoms with Crippen LogP contribution in [-0.4, -0.2) is 36.3 Å². The molecular weight excluding hydrogens is 422 g/mol. The third kappa shape index (κ3) is 3.09. The van der Waals surface area contributed by atoms with Gasteiger partial charge in [-0.1, -0.05) is 29.8 Å². The Morgan fingerprint density at radius 1 is 0.938 bits per heavy atom. The molecule has 0 aliphatic carbocycles. The summed E-state index contributed by atoms with van der Waals surface area (Å²) in [5, 5.41) is 9.78. The van der Waals surface area contributed by atoms with E-state index in [0.717, 1.165) is 63.0 Å². The van der Waals surface area contributed by atoms with E-state index in [1.807, 2.05) is 48.1 Å². The molecule has 5 aromatic rings. The Balaban J connectivity index is 1.42. The molecule has 0 N–H and O–H groups in total. The topological polar surface area (TPSA) is 72.6 Å². The van der Waals surface area contributed by atoms with Crippen molar-refractivity contribution in [1.82, 2.24) is 29.7 Å². The molecule has 0 unspecified atom stereocenters. The molecule has 1 aliphatic rings. The molecule has 0 amide bonds. The minimum Gasteiger partial charge on any atom is -0.325 e. The van der Waals surface area contributed by atoms with E-state index < -0.39 is 0 Å². The van der Waals surface area contributed by atoms with Crippen LogP contribution in [0.15, 0.2) is 67.4 Å². The van der Waals surface area contributed by atoms with E-state index in [0.29, 0.717) is 0 Å². The SMILES string of the molecule is Cn1cnnc1-c1ccc(-c2ccc3ncnc(N4CCc5ccc(Cl)cc54)c3c2)cn1. The molecule has 0 fully saturated rings. The normalized spacial score (nSPS) is 13.0. The first kappa shape index (κ1) is 18.9. The van der Waals surface area contributed by atoms with Gasteiger partial charge >= 0.3 is 0 Å². The highest BCUT2D eigenvalue weighted by Crippen LogP contribution is 2.38. The molecule has 3 aromatic heterocycles. The fourth-order valence-corrected chi connectivity index (χ4v) is 4.39. The second-order valence-corrected chi connectivity index (χ2v) is 8.24. The van der Waals surface area contributed by atoms with Crippen LogP contribution in [0.2, 0.25) is 5.02 Å². The zero-order valence-corrected chi connectivity index (χ0v) is 18.0. The van der Waals surface area contributed by atoms with Crippen molar-refractivity contribution in [2.45, 2.75) is 6.42 Å². The number of pyridine rings is 1. The first-order chi connectivity index (χ1) is 15.7. The van der Waals surface area contributed by atoms with Gasteiger partial charge in [0.1, 0.15) is 24.2 Å². The summed E-state index contributed by atoms with van der Waals surface area (Å²) in [6, 6.07) is 16.3. The number of hydrogen-bond acceptors (Lipinski definition) is 6. The van der Waals surface area contributed by atoms with Crippen molar-refractivity contribution in [3.63, 3.8) is 0 Å². The van der Waals surface area contributed by atoms with Crippen molar-refractivity contribution in [2.24, 2.45) is 7.05 Å². The van der Waals surface area contributed by atoms with Crippen molar-refractivity contribution >= 4 is 34.0 Å². The average molecular weight is 440 g/mol. The van der Waals surface area contributed by atoms with Crippen molar-refractivity contribution in [2.75, 3.05) is 11.4 Å². The summed E-state index contributed by atoms with van der Waals surface area (Å²) in [6.07, 6.45) is 6.11. The molecule has 0 radical (unpaired) electrons. The summed E-state index contributed by atoms with van der Waals surface area (Å²) in [7, 11) is 1.90. The predicted molar refractivity (Wildman–Crippen MR) is 125 cm³/mol. The molecule has 0 saturated heterocycles. The van der Waals surface area contributed by atoms with Crippen molar-refractivity contribution in [1.29, 1.82) is 0 Å². The van der Waals surface area contributed by atoms with E-state index in [-0.39, 0.29) is 0 Å². The lowest BCUT2D eigenvalue weighted by atomic mass is 10.0. The van der Waals surface area contributed by atoms with Crippen molar-refractivity contribution in [3.05, 3.63) is 78.0 Å². The summed E-state index contributed by atoms with van der Waals surface area (Å²) in [5.41, 5.74) is 6.13. The largest absolute Gasteiger partial charge is 0.325 e. The number of nitrogens with zero attached hydrogens (tertiary/aromatic N) is 7. The van der Waals surface area contributed by atoms with Gasteiger partial charge in [0.25, 0.3) is 0 Å². The Bertz CT molecular complexity index is 1460. The highest BCUT2D eigenvalue weighted by molar-refractivity contribution is 6.31. The lowest BCUT2D eigenvalue weighted by Crippen LogP contribution is -2.15. The molecular formula is C24H18ClN7. The van der Waals surface area contributed by atoms with E-state index in [2.05, 4.69) is 48.2 Å². The molecule has 0 atom stereocenters. The number of benzene rings is 2. The number of hydrogen-bond donors (Lipinski definition) is 0. The zero-order chi connectivity index (χ0) is 21.7. The summed E-state index contributed by atoms with van der Waals surface area (Å²) >= 11 is 6.28. The third-order valence-corrected chi connectivity index (χ3v) is 6.09. The minimum absolute atomic E-state index is 0.726. The second kappa shape index (κ2) is 7.39. The number of aromatic nitrogens is 6. The Kier molecular flexibility index (Phi) is 4.36. The van der Waals surface area contributed by atoms with Crippen LogP contribution >= 0.6 is 11.6 Å². The number of anilines is 2. The van der Waals surface area contributed by atoms with Gasteiger partial charge in [0.15, 0.2) is 5.82 Å². The third-order valence-electron chi connectivity index (χ3n) is 5.85. The van der Waals surface area contributed by atoms with Crippen LogP contribution < -0.4 is 4.90 Å². The first-order valence-corrected chi connectivity index (χ1v) is 10.7. The molecule has 2 aromatic carbocycles. The highest BCUT2D eigenvalue weighted by atomic mass is 35.5. The molecule has 8 heteroatoms. The van der Waals surface area contributed by atoms with Crippen LogP contribution in [0.25, 0.3) is 33.5 Å². The van der Waals surface area contributed by atoms with Gasteiger partial charge in [-0.25, -0.2) is 9.97 Å². The van der Waals surface area contributed by atoms with Crippen LogP contribution in [-0.2, 0) is 13.5 Å². The van der Waals surface area contributed by atoms with Gasteiger partial charge in [-0.3, -0.25) is 4.98 Å². The maximum absolute atomic E-state index is 6.28. The molecule has 0 saturated carbocycles. The molecule has 6 rings (SSSR count). The van der Waals surface area contributed by atoms with Gasteiger partial charge < -0.3 is 9.47 Å². The van der Waals surface area contributed by atoms with Crippen LogP contribution in [0.4, 0.5) is 11.5 Å². The smallest absolute Gasteiger partial charge is 0.182 e. The fourth-order valence-electron chi connectivity index (χ4n) is 4.22. The molecule has 1 aliphatic heterocycles. The molecule has 4 heterocycles. The maximum atomic E-state index is 6.28.